The molecule has 0 rings (SSSR count). The minimum atomic E-state index is -0.588. The molecule has 0 saturated carbocycles. The van der Waals surface area contributed by atoms with Crippen molar-refractivity contribution in [3.63, 3.8) is 0 Å². The molecule has 0 amide bonds. The molecule has 0 radical (unpaired) electrons. The van der Waals surface area contributed by atoms with Crippen LogP contribution in [-0.4, -0.2) is 18.5 Å². The molecular formula is C6H16PW. The quantitative estimate of drug-likeness (QED) is 0.702. The van der Waals surface area contributed by atoms with Gasteiger partial charge in [-0.15, -0.1) is 0 Å². The van der Waals surface area contributed by atoms with Crippen LogP contribution in [0.4, 0.5) is 0 Å². The van der Waals surface area contributed by atoms with Gasteiger partial charge in [-0.3, -0.25) is 0 Å². The van der Waals surface area contributed by atoms with Crippen LogP contribution >= 0.6 is 5.35 Å². The molecule has 0 fully saturated rings. The summed E-state index contributed by atoms with van der Waals surface area (Å²) in [4.78, 5) is 0. The maximum absolute atomic E-state index is 2.35. The van der Waals surface area contributed by atoms with Crippen LogP contribution in [0.25, 0.3) is 0 Å². The molecule has 0 heterocycles. The summed E-state index contributed by atoms with van der Waals surface area (Å²) in [5, 5.41) is -0.588. The first kappa shape index (κ1) is 9.12. The van der Waals surface area contributed by atoms with Gasteiger partial charge in [0.1, 0.15) is 0 Å². The fraction of sp³-hybridized carbons (Fsp3) is 1.00. The van der Waals surface area contributed by atoms with Crippen molar-refractivity contribution in [3.05, 3.63) is 0 Å². The van der Waals surface area contributed by atoms with Crippen LogP contribution in [0.3, 0.4) is 0 Å². The zero-order valence-electron chi connectivity index (χ0n) is 6.03. The first-order valence-electron chi connectivity index (χ1n) is 3.39. The van der Waals surface area contributed by atoms with E-state index >= 15 is 0 Å². The molecule has 0 aliphatic heterocycles. The summed E-state index contributed by atoms with van der Waals surface area (Å²) in [6.07, 6.45) is 4.49. The van der Waals surface area contributed by atoms with Gasteiger partial charge in [-0.2, -0.15) is 0 Å². The van der Waals surface area contributed by atoms with E-state index in [-0.39, 0.29) is 0 Å². The molecule has 0 N–H and O–H groups in total. The first-order chi connectivity index (χ1) is 3.68. The fourth-order valence-electron chi connectivity index (χ4n) is 0.750. The molecule has 0 unspecified atom stereocenters. The zero-order chi connectivity index (χ0) is 6.62. The van der Waals surface area contributed by atoms with Crippen molar-refractivity contribution >= 4 is 5.35 Å². The SMILES string of the molecule is CC[PH]([W])(CC)CC. The van der Waals surface area contributed by atoms with Gasteiger partial charge in [0.05, 0.1) is 0 Å². The van der Waals surface area contributed by atoms with Gasteiger partial charge < -0.3 is 0 Å². The molecule has 0 nitrogen and oxygen atoms in total. The summed E-state index contributed by atoms with van der Waals surface area (Å²) < 4.78 is 0. The molecule has 0 spiro atoms. The Bertz CT molecular complexity index is 51.3. The van der Waals surface area contributed by atoms with Gasteiger partial charge in [0.25, 0.3) is 0 Å². The molecule has 0 bridgehead atoms. The molecule has 51 valence electrons. The van der Waals surface area contributed by atoms with Crippen molar-refractivity contribution in [2.75, 3.05) is 18.5 Å². The molecule has 0 aromatic carbocycles. The van der Waals surface area contributed by atoms with E-state index in [1.54, 1.807) is 0 Å². The Balaban J connectivity index is 3.58. The van der Waals surface area contributed by atoms with E-state index < -0.39 is 5.35 Å². The van der Waals surface area contributed by atoms with Crippen LogP contribution in [0.2, 0.25) is 0 Å². The molecule has 2 heteroatoms. The van der Waals surface area contributed by atoms with E-state index in [9.17, 15) is 0 Å². The van der Waals surface area contributed by atoms with E-state index in [2.05, 4.69) is 20.8 Å². The van der Waals surface area contributed by atoms with Gasteiger partial charge in [0.2, 0.25) is 0 Å². The van der Waals surface area contributed by atoms with Gasteiger partial charge in [-0.25, -0.2) is 0 Å². The molecule has 0 atom stereocenters. The number of rotatable bonds is 3. The molecule has 0 aromatic heterocycles. The Hall–Kier alpha value is 1.12. The maximum atomic E-state index is 2.35. The summed E-state index contributed by atoms with van der Waals surface area (Å²) in [5.41, 5.74) is 0. The Kier molecular flexibility index (Phi) is 4.58. The summed E-state index contributed by atoms with van der Waals surface area (Å²) in [6.45, 7) is 7.06. The second-order valence-corrected chi connectivity index (χ2v) is 16.1. The second kappa shape index (κ2) is 4.02. The van der Waals surface area contributed by atoms with Gasteiger partial charge >= 0.3 is 63.9 Å². The molecule has 8 heavy (non-hydrogen) atoms. The molecule has 0 saturated heterocycles. The Labute approximate surface area is 64.1 Å². The van der Waals surface area contributed by atoms with Crippen LogP contribution < -0.4 is 0 Å². The van der Waals surface area contributed by atoms with Crippen molar-refractivity contribution in [2.45, 2.75) is 20.8 Å². The fourth-order valence-corrected chi connectivity index (χ4v) is 2.25. The van der Waals surface area contributed by atoms with E-state index in [4.69, 9.17) is 0 Å². The van der Waals surface area contributed by atoms with Gasteiger partial charge in [0, 0.05) is 0 Å². The minimum absolute atomic E-state index is 0.588. The zero-order valence-corrected chi connectivity index (χ0v) is 9.96. The average molecular weight is 303 g/mol. The van der Waals surface area contributed by atoms with Crippen molar-refractivity contribution in [3.8, 4) is 0 Å². The average Bonchev–Trinajstić information content (AvgIpc) is 1.87. The van der Waals surface area contributed by atoms with Crippen molar-refractivity contribution in [1.29, 1.82) is 0 Å². The van der Waals surface area contributed by atoms with Crippen LogP contribution in [0.1, 0.15) is 20.8 Å². The predicted octanol–water partition coefficient (Wildman–Crippen LogP) is 2.26. The third kappa shape index (κ3) is 2.60. The Morgan fingerprint density at radius 1 is 1.00 bits per heavy atom. The Morgan fingerprint density at radius 3 is 1.25 bits per heavy atom. The third-order valence-electron chi connectivity index (χ3n) is 1.93. The predicted molar refractivity (Wildman–Crippen MR) is 39.9 cm³/mol. The van der Waals surface area contributed by atoms with Gasteiger partial charge in [-0.05, 0) is 0 Å². The topological polar surface area (TPSA) is 0 Å². The summed E-state index contributed by atoms with van der Waals surface area (Å²) in [5.74, 6) is 0. The Morgan fingerprint density at radius 2 is 1.25 bits per heavy atom. The summed E-state index contributed by atoms with van der Waals surface area (Å²) in [7, 11) is 0. The van der Waals surface area contributed by atoms with Crippen molar-refractivity contribution < 1.29 is 19.3 Å². The third-order valence-corrected chi connectivity index (χ3v) is 15.1. The summed E-state index contributed by atoms with van der Waals surface area (Å²) >= 11 is 1.90. The van der Waals surface area contributed by atoms with Crippen LogP contribution in [0.15, 0.2) is 0 Å². The second-order valence-electron chi connectivity index (χ2n) is 2.24. The molecule has 0 aliphatic rings. The van der Waals surface area contributed by atoms with E-state index in [1.165, 1.54) is 18.5 Å². The van der Waals surface area contributed by atoms with E-state index in [1.807, 2.05) is 19.3 Å². The molecule has 0 aromatic rings. The van der Waals surface area contributed by atoms with Gasteiger partial charge in [0.15, 0.2) is 0 Å². The van der Waals surface area contributed by atoms with Gasteiger partial charge in [-0.1, -0.05) is 0 Å². The monoisotopic (exact) mass is 303 g/mol. The van der Waals surface area contributed by atoms with E-state index in [0.717, 1.165) is 0 Å². The van der Waals surface area contributed by atoms with Crippen LogP contribution in [0, 0.1) is 0 Å². The van der Waals surface area contributed by atoms with Crippen LogP contribution in [0.5, 0.6) is 0 Å². The number of hydrogen-bond donors (Lipinski definition) is 0. The van der Waals surface area contributed by atoms with Crippen LogP contribution in [-0.2, 0) is 19.3 Å². The summed E-state index contributed by atoms with van der Waals surface area (Å²) in [6, 6.07) is 0. The molecule has 0 aliphatic carbocycles. The molecular weight excluding hydrogens is 287 g/mol. The normalized spacial score (nSPS) is 13.9. The standard InChI is InChI=1S/C6H15P.W/c1-4-7(5-2)6-3;/h4-6H2,1-3H3;/q;-1/p+1. The van der Waals surface area contributed by atoms with E-state index in [0.29, 0.717) is 0 Å². The first-order valence-corrected chi connectivity index (χ1v) is 10.3. The van der Waals surface area contributed by atoms with Crippen molar-refractivity contribution in [2.24, 2.45) is 0 Å². The van der Waals surface area contributed by atoms with Crippen molar-refractivity contribution in [1.82, 2.24) is 0 Å². The number of hydrogen-bond acceptors (Lipinski definition) is 0.